The molecule has 39 heavy (non-hydrogen) atoms. The molecule has 10 heteroatoms. The summed E-state index contributed by atoms with van der Waals surface area (Å²) in [6.45, 7) is 9.03. The summed E-state index contributed by atoms with van der Waals surface area (Å²) in [5.74, 6) is 1.04. The van der Waals surface area contributed by atoms with Crippen molar-refractivity contribution >= 4 is 32.2 Å². The number of amides is 1. The Morgan fingerprint density at radius 3 is 2.46 bits per heavy atom. The Morgan fingerprint density at radius 2 is 1.79 bits per heavy atom. The molecular formula is C29H32N4O4S2. The molecule has 0 aliphatic carbocycles. The Kier molecular flexibility index (Phi) is 8.79. The number of nitrogens with one attached hydrogen (secondary N) is 2. The third-order valence-electron chi connectivity index (χ3n) is 6.32. The predicted molar refractivity (Wildman–Crippen MR) is 155 cm³/mol. The van der Waals surface area contributed by atoms with Gasteiger partial charge in [-0.05, 0) is 73.9 Å². The van der Waals surface area contributed by atoms with Gasteiger partial charge in [0.1, 0.15) is 11.5 Å². The van der Waals surface area contributed by atoms with Gasteiger partial charge in [0.15, 0.2) is 15.0 Å². The van der Waals surface area contributed by atoms with Gasteiger partial charge in [0.25, 0.3) is 5.91 Å². The molecule has 204 valence electrons. The number of nitrogens with zero attached hydrogens (tertiary/aromatic N) is 2. The van der Waals surface area contributed by atoms with Crippen LogP contribution in [0.4, 0.5) is 5.13 Å². The van der Waals surface area contributed by atoms with Crippen molar-refractivity contribution in [2.75, 3.05) is 11.6 Å². The molecular weight excluding hydrogens is 532 g/mol. The van der Waals surface area contributed by atoms with Crippen LogP contribution in [0, 0.1) is 12.8 Å². The zero-order valence-corrected chi connectivity index (χ0v) is 24.2. The largest absolute Gasteiger partial charge is 0.457 e. The summed E-state index contributed by atoms with van der Waals surface area (Å²) in [4.78, 5) is 22.6. The molecule has 0 saturated carbocycles. The Balaban J connectivity index is 1.59. The van der Waals surface area contributed by atoms with Crippen LogP contribution >= 0.6 is 11.3 Å². The normalized spacial score (nSPS) is 12.4. The maximum Gasteiger partial charge on any atom is 0.257 e. The number of hydrogen-bond donors (Lipinski definition) is 2. The van der Waals surface area contributed by atoms with E-state index in [-0.39, 0.29) is 10.8 Å². The zero-order valence-electron chi connectivity index (χ0n) is 22.6. The van der Waals surface area contributed by atoms with Crippen LogP contribution in [0.15, 0.2) is 71.1 Å². The summed E-state index contributed by atoms with van der Waals surface area (Å²) in [6.07, 6.45) is 2.85. The van der Waals surface area contributed by atoms with Gasteiger partial charge in [-0.1, -0.05) is 19.9 Å². The van der Waals surface area contributed by atoms with Crippen molar-refractivity contribution in [3.8, 4) is 22.8 Å². The van der Waals surface area contributed by atoms with Gasteiger partial charge >= 0.3 is 0 Å². The molecule has 4 rings (SSSR count). The van der Waals surface area contributed by atoms with Crippen molar-refractivity contribution in [2.45, 2.75) is 45.2 Å². The Labute approximate surface area is 233 Å². The van der Waals surface area contributed by atoms with Crippen LogP contribution in [-0.2, 0) is 16.4 Å². The third-order valence-corrected chi connectivity index (χ3v) is 8.25. The molecule has 2 N–H and O–H groups in total. The molecule has 1 unspecified atom stereocenters. The number of rotatable bonds is 10. The second kappa shape index (κ2) is 12.1. The molecule has 1 amide bonds. The SMILES string of the molecule is Cc1cccnc1-c1cc(Oc2ccc(S(C)(=O)=O)cc2)cc(C(=O)Nc2nc(CNC(C)C(C)C)cs2)c1. The Hall–Kier alpha value is -3.60. The predicted octanol–water partition coefficient (Wildman–Crippen LogP) is 6.10. The van der Waals surface area contributed by atoms with Gasteiger partial charge in [0, 0.05) is 41.5 Å². The number of benzene rings is 2. The quantitative estimate of drug-likeness (QED) is 0.240. The Morgan fingerprint density at radius 1 is 1.05 bits per heavy atom. The van der Waals surface area contributed by atoms with E-state index in [0.717, 1.165) is 28.8 Å². The molecule has 0 fully saturated rings. The number of hydrogen-bond acceptors (Lipinski definition) is 8. The Bertz CT molecular complexity index is 1560. The number of sulfone groups is 1. The van der Waals surface area contributed by atoms with Crippen molar-refractivity contribution in [2.24, 2.45) is 5.92 Å². The van der Waals surface area contributed by atoms with Crippen LogP contribution in [0.25, 0.3) is 11.3 Å². The summed E-state index contributed by atoms with van der Waals surface area (Å²) in [6, 6.07) is 15.5. The van der Waals surface area contributed by atoms with E-state index in [2.05, 4.69) is 41.4 Å². The van der Waals surface area contributed by atoms with E-state index in [9.17, 15) is 13.2 Å². The highest BCUT2D eigenvalue weighted by Gasteiger charge is 2.16. The number of anilines is 1. The molecule has 0 aliphatic heterocycles. The minimum Gasteiger partial charge on any atom is -0.457 e. The lowest BCUT2D eigenvalue weighted by atomic mass is 10.0. The first-order chi connectivity index (χ1) is 18.5. The number of pyridine rings is 1. The first-order valence-electron chi connectivity index (χ1n) is 12.5. The number of thiazole rings is 1. The van der Waals surface area contributed by atoms with E-state index in [0.29, 0.717) is 40.7 Å². The van der Waals surface area contributed by atoms with E-state index in [4.69, 9.17) is 4.74 Å². The summed E-state index contributed by atoms with van der Waals surface area (Å²) >= 11 is 1.37. The van der Waals surface area contributed by atoms with Gasteiger partial charge in [0.05, 0.1) is 16.3 Å². The molecule has 2 aromatic heterocycles. The molecule has 0 radical (unpaired) electrons. The minimum atomic E-state index is -3.32. The summed E-state index contributed by atoms with van der Waals surface area (Å²) < 4.78 is 29.6. The van der Waals surface area contributed by atoms with Crippen LogP contribution in [0.2, 0.25) is 0 Å². The molecule has 0 spiro atoms. The standard InChI is InChI=1S/C29H32N4O4S2/c1-18(2)20(4)31-16-23-17-38-29(32-23)33-28(34)22-13-21(27-19(3)7-6-12-30-27)14-25(15-22)37-24-8-10-26(11-9-24)39(5,35)36/h6-15,17-18,20,31H,16H2,1-5H3,(H,32,33,34). The highest BCUT2D eigenvalue weighted by atomic mass is 32.2. The van der Waals surface area contributed by atoms with Gasteiger partial charge in [-0.2, -0.15) is 0 Å². The van der Waals surface area contributed by atoms with Crippen molar-refractivity contribution in [1.82, 2.24) is 15.3 Å². The lowest BCUT2D eigenvalue weighted by Gasteiger charge is -2.16. The first kappa shape index (κ1) is 28.4. The highest BCUT2D eigenvalue weighted by Crippen LogP contribution is 2.31. The fourth-order valence-corrected chi connectivity index (χ4v) is 5.06. The van der Waals surface area contributed by atoms with E-state index < -0.39 is 9.84 Å². The molecule has 0 bridgehead atoms. The van der Waals surface area contributed by atoms with Crippen molar-refractivity contribution in [3.05, 3.63) is 83.0 Å². The lowest BCUT2D eigenvalue weighted by Crippen LogP contribution is -2.30. The minimum absolute atomic E-state index is 0.199. The first-order valence-corrected chi connectivity index (χ1v) is 15.3. The van der Waals surface area contributed by atoms with E-state index in [1.807, 2.05) is 24.4 Å². The second-order valence-corrected chi connectivity index (χ2v) is 12.6. The monoisotopic (exact) mass is 564 g/mol. The zero-order chi connectivity index (χ0) is 28.2. The number of aryl methyl sites for hydroxylation is 1. The maximum atomic E-state index is 13.3. The molecule has 1 atom stereocenters. The van der Waals surface area contributed by atoms with Crippen molar-refractivity contribution in [3.63, 3.8) is 0 Å². The maximum absolute atomic E-state index is 13.3. The number of ether oxygens (including phenoxy) is 1. The van der Waals surface area contributed by atoms with Crippen molar-refractivity contribution in [1.29, 1.82) is 0 Å². The molecule has 8 nitrogen and oxygen atoms in total. The number of carbonyl (C=O) groups excluding carboxylic acids is 1. The smallest absolute Gasteiger partial charge is 0.257 e. The van der Waals surface area contributed by atoms with Crippen LogP contribution in [0.3, 0.4) is 0 Å². The fourth-order valence-electron chi connectivity index (χ4n) is 3.72. The van der Waals surface area contributed by atoms with E-state index >= 15 is 0 Å². The number of aromatic nitrogens is 2. The highest BCUT2D eigenvalue weighted by molar-refractivity contribution is 7.90. The molecule has 2 heterocycles. The van der Waals surface area contributed by atoms with Crippen LogP contribution in [-0.4, -0.2) is 36.6 Å². The number of carbonyl (C=O) groups is 1. The van der Waals surface area contributed by atoms with E-state index in [1.54, 1.807) is 36.5 Å². The van der Waals surface area contributed by atoms with Gasteiger partial charge in [-0.3, -0.25) is 15.1 Å². The third kappa shape index (κ3) is 7.50. The molecule has 0 aliphatic rings. The van der Waals surface area contributed by atoms with Crippen molar-refractivity contribution < 1.29 is 17.9 Å². The van der Waals surface area contributed by atoms with Crippen LogP contribution in [0.5, 0.6) is 11.5 Å². The van der Waals surface area contributed by atoms with Gasteiger partial charge < -0.3 is 10.1 Å². The fraction of sp³-hybridized carbons (Fsp3) is 0.276. The second-order valence-electron chi connectivity index (χ2n) is 9.77. The average molecular weight is 565 g/mol. The van der Waals surface area contributed by atoms with Crippen LogP contribution in [0.1, 0.15) is 42.4 Å². The molecule has 0 saturated heterocycles. The van der Waals surface area contributed by atoms with Gasteiger partial charge in [-0.15, -0.1) is 11.3 Å². The molecule has 4 aromatic rings. The summed E-state index contributed by atoms with van der Waals surface area (Å²) in [5.41, 5.74) is 3.64. The van der Waals surface area contributed by atoms with Gasteiger partial charge in [0.2, 0.25) is 0 Å². The summed E-state index contributed by atoms with van der Waals surface area (Å²) in [5, 5.41) is 8.78. The van der Waals surface area contributed by atoms with Crippen LogP contribution < -0.4 is 15.4 Å². The molecule has 2 aromatic carbocycles. The average Bonchev–Trinajstić information content (AvgIpc) is 3.34. The topological polar surface area (TPSA) is 110 Å². The van der Waals surface area contributed by atoms with E-state index in [1.165, 1.54) is 23.5 Å². The lowest BCUT2D eigenvalue weighted by molar-refractivity contribution is 0.102. The summed E-state index contributed by atoms with van der Waals surface area (Å²) in [7, 11) is -3.32. The van der Waals surface area contributed by atoms with Gasteiger partial charge in [-0.25, -0.2) is 13.4 Å².